The van der Waals surface area contributed by atoms with Gasteiger partial charge in [-0.1, -0.05) is 13.8 Å². The standard InChI is InChI=1S/C14H23NO4/c1-9(2)11-6-10(17)7-15(12(11)8-16)13(18)19-14(3,4)5/h6,9,12,16H,7-8H2,1-5H3/t12-/m1/s1. The Bertz CT molecular complexity index is 393. The third-order valence-corrected chi connectivity index (χ3v) is 2.88. The molecule has 0 bridgehead atoms. The van der Waals surface area contributed by atoms with Crippen molar-refractivity contribution >= 4 is 11.9 Å². The van der Waals surface area contributed by atoms with Gasteiger partial charge in [-0.05, 0) is 38.3 Å². The minimum Gasteiger partial charge on any atom is -0.444 e. The number of aliphatic hydroxyl groups is 1. The lowest BCUT2D eigenvalue weighted by Crippen LogP contribution is -2.51. The van der Waals surface area contributed by atoms with Gasteiger partial charge >= 0.3 is 6.09 Å². The van der Waals surface area contributed by atoms with Gasteiger partial charge < -0.3 is 9.84 Å². The van der Waals surface area contributed by atoms with Crippen molar-refractivity contribution in [3.8, 4) is 0 Å². The first-order valence-corrected chi connectivity index (χ1v) is 6.50. The molecule has 1 aliphatic rings. The summed E-state index contributed by atoms with van der Waals surface area (Å²) in [6.07, 6.45) is 0.970. The summed E-state index contributed by atoms with van der Waals surface area (Å²) in [5, 5.41) is 9.51. The van der Waals surface area contributed by atoms with Gasteiger partial charge in [0.1, 0.15) is 5.60 Å². The second-order valence-corrected chi connectivity index (χ2v) is 6.07. The van der Waals surface area contributed by atoms with Gasteiger partial charge in [0.25, 0.3) is 0 Å². The summed E-state index contributed by atoms with van der Waals surface area (Å²) in [5.74, 6) is -0.0504. The van der Waals surface area contributed by atoms with Crippen LogP contribution in [0.1, 0.15) is 34.6 Å². The molecule has 0 unspecified atom stereocenters. The number of ketones is 1. The van der Waals surface area contributed by atoms with Gasteiger partial charge in [0.15, 0.2) is 5.78 Å². The molecule has 1 aliphatic heterocycles. The maximum absolute atomic E-state index is 12.1. The smallest absolute Gasteiger partial charge is 0.411 e. The Kier molecular flexibility index (Phi) is 4.74. The van der Waals surface area contributed by atoms with Crippen LogP contribution in [-0.4, -0.2) is 46.7 Å². The molecule has 0 fully saturated rings. The van der Waals surface area contributed by atoms with Crippen molar-refractivity contribution in [2.24, 2.45) is 5.92 Å². The van der Waals surface area contributed by atoms with Gasteiger partial charge in [-0.25, -0.2) is 4.79 Å². The van der Waals surface area contributed by atoms with Crippen molar-refractivity contribution < 1.29 is 19.4 Å². The van der Waals surface area contributed by atoms with Gasteiger partial charge in [0, 0.05) is 0 Å². The monoisotopic (exact) mass is 269 g/mol. The quantitative estimate of drug-likeness (QED) is 0.829. The molecule has 1 atom stereocenters. The van der Waals surface area contributed by atoms with Gasteiger partial charge in [-0.3, -0.25) is 9.69 Å². The Hall–Kier alpha value is -1.36. The molecule has 19 heavy (non-hydrogen) atoms. The molecular weight excluding hydrogens is 246 g/mol. The van der Waals surface area contributed by atoms with E-state index in [0.29, 0.717) is 0 Å². The van der Waals surface area contributed by atoms with Crippen LogP contribution in [0.25, 0.3) is 0 Å². The molecule has 5 nitrogen and oxygen atoms in total. The van der Waals surface area contributed by atoms with Crippen molar-refractivity contribution in [3.63, 3.8) is 0 Å². The first-order chi connectivity index (χ1) is 8.65. The normalized spacial score (nSPS) is 20.6. The van der Waals surface area contributed by atoms with E-state index in [9.17, 15) is 14.7 Å². The predicted octanol–water partition coefficient (Wildman–Crippen LogP) is 1.75. The molecule has 0 spiro atoms. The fourth-order valence-corrected chi connectivity index (χ4v) is 2.05. The Balaban J connectivity index is 2.98. The zero-order chi connectivity index (χ0) is 14.8. The van der Waals surface area contributed by atoms with Crippen molar-refractivity contribution in [3.05, 3.63) is 11.6 Å². The predicted molar refractivity (Wildman–Crippen MR) is 71.7 cm³/mol. The lowest BCUT2D eigenvalue weighted by Gasteiger charge is -2.37. The summed E-state index contributed by atoms with van der Waals surface area (Å²) >= 11 is 0. The largest absolute Gasteiger partial charge is 0.444 e. The average molecular weight is 269 g/mol. The van der Waals surface area contributed by atoms with Gasteiger partial charge in [0.05, 0.1) is 19.2 Å². The van der Waals surface area contributed by atoms with E-state index in [2.05, 4.69) is 0 Å². The van der Waals surface area contributed by atoms with E-state index in [1.807, 2.05) is 13.8 Å². The second kappa shape index (κ2) is 5.74. The Morgan fingerprint density at radius 1 is 1.53 bits per heavy atom. The van der Waals surface area contributed by atoms with E-state index in [-0.39, 0.29) is 24.9 Å². The number of hydrogen-bond donors (Lipinski definition) is 1. The number of ether oxygens (including phenoxy) is 1. The van der Waals surface area contributed by atoms with E-state index in [0.717, 1.165) is 5.57 Å². The SMILES string of the molecule is CC(C)C1=CC(=O)CN(C(=O)OC(C)(C)C)[C@@H]1CO. The molecule has 1 rings (SSSR count). The highest BCUT2D eigenvalue weighted by molar-refractivity contribution is 5.95. The van der Waals surface area contributed by atoms with Crippen molar-refractivity contribution in [2.75, 3.05) is 13.2 Å². The van der Waals surface area contributed by atoms with Crippen LogP contribution in [0.2, 0.25) is 0 Å². The number of amides is 1. The first-order valence-electron chi connectivity index (χ1n) is 6.50. The number of aliphatic hydroxyl groups excluding tert-OH is 1. The van der Waals surface area contributed by atoms with Gasteiger partial charge in [-0.2, -0.15) is 0 Å². The number of carbonyl (C=O) groups excluding carboxylic acids is 2. The summed E-state index contributed by atoms with van der Waals surface area (Å²) in [7, 11) is 0. The molecule has 0 aromatic carbocycles. The summed E-state index contributed by atoms with van der Waals surface area (Å²) in [5.41, 5.74) is 0.142. The van der Waals surface area contributed by atoms with Crippen LogP contribution in [0.15, 0.2) is 11.6 Å². The Morgan fingerprint density at radius 3 is 2.53 bits per heavy atom. The van der Waals surface area contributed by atoms with E-state index in [4.69, 9.17) is 4.74 Å². The molecule has 0 aliphatic carbocycles. The molecule has 1 amide bonds. The first kappa shape index (κ1) is 15.7. The summed E-state index contributed by atoms with van der Waals surface area (Å²) in [4.78, 5) is 25.1. The van der Waals surface area contributed by atoms with Gasteiger partial charge in [0.2, 0.25) is 0 Å². The molecular formula is C14H23NO4. The molecule has 108 valence electrons. The molecule has 0 aromatic rings. The summed E-state index contributed by atoms with van der Waals surface area (Å²) in [6.45, 7) is 8.91. The minimum atomic E-state index is -0.626. The Labute approximate surface area is 114 Å². The molecule has 5 heteroatoms. The molecule has 0 saturated heterocycles. The number of rotatable bonds is 2. The topological polar surface area (TPSA) is 66.8 Å². The molecule has 0 saturated carbocycles. The third-order valence-electron chi connectivity index (χ3n) is 2.88. The highest BCUT2D eigenvalue weighted by Crippen LogP contribution is 2.24. The fraction of sp³-hybridized carbons (Fsp3) is 0.714. The lowest BCUT2D eigenvalue weighted by atomic mass is 9.91. The highest BCUT2D eigenvalue weighted by Gasteiger charge is 2.35. The zero-order valence-corrected chi connectivity index (χ0v) is 12.3. The van der Waals surface area contributed by atoms with Crippen molar-refractivity contribution in [2.45, 2.75) is 46.3 Å². The van der Waals surface area contributed by atoms with Crippen LogP contribution in [0, 0.1) is 5.92 Å². The molecule has 0 aromatic heterocycles. The average Bonchev–Trinajstić information content (AvgIpc) is 2.25. The third kappa shape index (κ3) is 4.06. The fourth-order valence-electron chi connectivity index (χ4n) is 2.05. The van der Waals surface area contributed by atoms with E-state index < -0.39 is 17.7 Å². The van der Waals surface area contributed by atoms with Crippen LogP contribution in [-0.2, 0) is 9.53 Å². The van der Waals surface area contributed by atoms with Crippen LogP contribution >= 0.6 is 0 Å². The van der Waals surface area contributed by atoms with E-state index >= 15 is 0 Å². The second-order valence-electron chi connectivity index (χ2n) is 6.07. The van der Waals surface area contributed by atoms with Crippen LogP contribution < -0.4 is 0 Å². The van der Waals surface area contributed by atoms with Crippen LogP contribution in [0.5, 0.6) is 0 Å². The lowest BCUT2D eigenvalue weighted by molar-refractivity contribution is -0.117. The number of hydrogen-bond acceptors (Lipinski definition) is 4. The highest BCUT2D eigenvalue weighted by atomic mass is 16.6. The molecule has 1 N–H and O–H groups in total. The van der Waals surface area contributed by atoms with Crippen LogP contribution in [0.3, 0.4) is 0 Å². The van der Waals surface area contributed by atoms with Gasteiger partial charge in [-0.15, -0.1) is 0 Å². The summed E-state index contributed by atoms with van der Waals surface area (Å²) in [6, 6.07) is -0.479. The maximum atomic E-state index is 12.1. The van der Waals surface area contributed by atoms with E-state index in [1.165, 1.54) is 11.0 Å². The maximum Gasteiger partial charge on any atom is 0.411 e. The van der Waals surface area contributed by atoms with Crippen LogP contribution in [0.4, 0.5) is 4.79 Å². The Morgan fingerprint density at radius 2 is 2.11 bits per heavy atom. The molecule has 0 radical (unpaired) electrons. The summed E-state index contributed by atoms with van der Waals surface area (Å²) < 4.78 is 5.28. The van der Waals surface area contributed by atoms with E-state index in [1.54, 1.807) is 20.8 Å². The number of nitrogens with zero attached hydrogens (tertiary/aromatic N) is 1. The molecule has 1 heterocycles. The van der Waals surface area contributed by atoms with Crippen molar-refractivity contribution in [1.29, 1.82) is 0 Å². The zero-order valence-electron chi connectivity index (χ0n) is 12.3. The van der Waals surface area contributed by atoms with Crippen molar-refractivity contribution in [1.82, 2.24) is 4.90 Å². The minimum absolute atomic E-state index is 0.0453. The number of carbonyl (C=O) groups is 2.